The number of halogens is 3. The number of anilines is 1. The van der Waals surface area contributed by atoms with Gasteiger partial charge in [0.2, 0.25) is 0 Å². The number of cyclic esters (lactones) is 1. The molecule has 31 heavy (non-hydrogen) atoms. The minimum Gasteiger partial charge on any atom is -0.447 e. The maximum Gasteiger partial charge on any atom is 0.416 e. The van der Waals surface area contributed by atoms with Gasteiger partial charge in [-0.2, -0.15) is 0 Å². The normalized spacial score (nSPS) is 18.2. The van der Waals surface area contributed by atoms with Crippen LogP contribution in [0.2, 0.25) is 5.02 Å². The predicted molar refractivity (Wildman–Crippen MR) is 111 cm³/mol. The zero-order chi connectivity index (χ0) is 22.1. The third-order valence-electron chi connectivity index (χ3n) is 5.17. The molecular weight excluding hydrogens is 428 g/mol. The fraction of sp³-hybridized carbons (Fsp3) is 0.333. The number of hydrogen-bond acceptors (Lipinski definition) is 5. The summed E-state index contributed by atoms with van der Waals surface area (Å²) in [6.07, 6.45) is 3.57. The van der Waals surface area contributed by atoms with Gasteiger partial charge in [-0.1, -0.05) is 18.5 Å². The van der Waals surface area contributed by atoms with Crippen LogP contribution in [0, 0.1) is 5.82 Å². The van der Waals surface area contributed by atoms with Crippen molar-refractivity contribution in [2.24, 2.45) is 0 Å². The summed E-state index contributed by atoms with van der Waals surface area (Å²) in [6.45, 7) is 3.34. The molecule has 0 saturated carbocycles. The van der Waals surface area contributed by atoms with Crippen LogP contribution in [0.15, 0.2) is 43.0 Å². The van der Waals surface area contributed by atoms with Gasteiger partial charge in [0.05, 0.1) is 17.0 Å². The highest BCUT2D eigenvalue weighted by Crippen LogP contribution is 2.26. The first-order chi connectivity index (χ1) is 14.8. The van der Waals surface area contributed by atoms with Crippen LogP contribution in [0.4, 0.5) is 19.4 Å². The summed E-state index contributed by atoms with van der Waals surface area (Å²) >= 11 is 5.86. The first kappa shape index (κ1) is 21.2. The number of benzene rings is 1. The number of alkyl halides is 1. The van der Waals surface area contributed by atoms with Crippen molar-refractivity contribution >= 4 is 23.5 Å². The fourth-order valence-corrected chi connectivity index (χ4v) is 3.59. The summed E-state index contributed by atoms with van der Waals surface area (Å²) in [6, 6.07) is 5.28. The molecule has 0 N–H and O–H groups in total. The smallest absolute Gasteiger partial charge is 0.416 e. The number of carbonyl (C=O) groups excluding carboxylic acids is 1. The van der Waals surface area contributed by atoms with Gasteiger partial charge in [-0.25, -0.2) is 28.5 Å². The topological polar surface area (TPSA) is 73.1 Å². The molecular formula is C21H20ClF2N5O2. The molecule has 3 atom stereocenters. The van der Waals surface area contributed by atoms with Crippen LogP contribution < -0.4 is 4.90 Å². The maximum atomic E-state index is 13.9. The Hall–Kier alpha value is -3.07. The molecule has 1 fully saturated rings. The summed E-state index contributed by atoms with van der Waals surface area (Å²) in [4.78, 5) is 26.4. The van der Waals surface area contributed by atoms with E-state index in [1.807, 2.05) is 13.1 Å². The molecule has 0 unspecified atom stereocenters. The lowest BCUT2D eigenvalue weighted by molar-refractivity contribution is 0.174. The van der Waals surface area contributed by atoms with Crippen LogP contribution in [0.1, 0.15) is 31.3 Å². The van der Waals surface area contributed by atoms with Crippen molar-refractivity contribution in [1.82, 2.24) is 19.5 Å². The molecule has 162 valence electrons. The van der Waals surface area contributed by atoms with Crippen molar-refractivity contribution in [1.29, 1.82) is 0 Å². The Morgan fingerprint density at radius 1 is 1.29 bits per heavy atom. The Labute approximate surface area is 182 Å². The fourth-order valence-electron chi connectivity index (χ4n) is 3.42. The minimum atomic E-state index is -1.26. The van der Waals surface area contributed by atoms with Gasteiger partial charge in [-0.15, -0.1) is 0 Å². The summed E-state index contributed by atoms with van der Waals surface area (Å²) in [5.41, 5.74) is 1.47. The Balaban J connectivity index is 1.51. The van der Waals surface area contributed by atoms with Gasteiger partial charge in [0.15, 0.2) is 0 Å². The standard InChI is InChI=1S/C21H20ClF2N5O2/c1-12(17-9-28(11-26-17)14-3-4-16(24)15(22)8-14)7-19-25-6-5-20(27-19)29-18(13(2)23)10-31-21(29)30/h3-6,8-9,11-13,18H,7,10H2,1-2H3/t12-,13+,18-/m1/s1. The van der Waals surface area contributed by atoms with Gasteiger partial charge in [0, 0.05) is 30.4 Å². The number of nitrogens with zero attached hydrogens (tertiary/aromatic N) is 5. The third-order valence-corrected chi connectivity index (χ3v) is 5.46. The molecule has 1 saturated heterocycles. The van der Waals surface area contributed by atoms with Gasteiger partial charge in [-0.3, -0.25) is 4.90 Å². The van der Waals surface area contributed by atoms with Gasteiger partial charge < -0.3 is 9.30 Å². The van der Waals surface area contributed by atoms with E-state index in [0.29, 0.717) is 23.8 Å². The molecule has 3 heterocycles. The monoisotopic (exact) mass is 447 g/mol. The van der Waals surface area contributed by atoms with Crippen molar-refractivity contribution in [2.75, 3.05) is 11.5 Å². The van der Waals surface area contributed by atoms with E-state index < -0.39 is 24.1 Å². The number of imidazole rings is 1. The molecule has 1 amide bonds. The Morgan fingerprint density at radius 3 is 2.84 bits per heavy atom. The SMILES string of the molecule is C[C@H](Cc1nccc(N2C(=O)OC[C@@H]2[C@H](C)F)n1)c1cn(-c2ccc(F)c(Cl)c2)cn1. The number of hydrogen-bond donors (Lipinski definition) is 0. The van der Waals surface area contributed by atoms with Gasteiger partial charge in [0.25, 0.3) is 0 Å². The third kappa shape index (κ3) is 4.36. The van der Waals surface area contributed by atoms with E-state index in [1.54, 1.807) is 23.0 Å². The van der Waals surface area contributed by atoms with E-state index >= 15 is 0 Å². The summed E-state index contributed by atoms with van der Waals surface area (Å²) in [7, 11) is 0. The van der Waals surface area contributed by atoms with E-state index in [9.17, 15) is 13.6 Å². The van der Waals surface area contributed by atoms with Crippen molar-refractivity contribution in [3.05, 3.63) is 65.3 Å². The van der Waals surface area contributed by atoms with Crippen LogP contribution in [0.3, 0.4) is 0 Å². The highest BCUT2D eigenvalue weighted by molar-refractivity contribution is 6.30. The average molecular weight is 448 g/mol. The second-order valence-corrected chi connectivity index (χ2v) is 7.84. The molecule has 7 nitrogen and oxygen atoms in total. The quantitative estimate of drug-likeness (QED) is 0.557. The molecule has 10 heteroatoms. The van der Waals surface area contributed by atoms with Crippen LogP contribution in [0.5, 0.6) is 0 Å². The van der Waals surface area contributed by atoms with Crippen molar-refractivity contribution in [3.8, 4) is 5.69 Å². The Bertz CT molecular complexity index is 1110. The second-order valence-electron chi connectivity index (χ2n) is 7.43. The summed E-state index contributed by atoms with van der Waals surface area (Å²) in [5, 5.41) is 0.0346. The highest BCUT2D eigenvalue weighted by Gasteiger charge is 2.39. The first-order valence-electron chi connectivity index (χ1n) is 9.74. The zero-order valence-electron chi connectivity index (χ0n) is 16.9. The van der Waals surface area contributed by atoms with Crippen LogP contribution in [0.25, 0.3) is 5.69 Å². The first-order valence-corrected chi connectivity index (χ1v) is 10.1. The lowest BCUT2D eigenvalue weighted by Gasteiger charge is -2.21. The van der Waals surface area contributed by atoms with Crippen LogP contribution in [-0.4, -0.2) is 44.4 Å². The molecule has 3 aromatic rings. The van der Waals surface area contributed by atoms with Gasteiger partial charge >= 0.3 is 6.09 Å². The largest absolute Gasteiger partial charge is 0.447 e. The summed E-state index contributed by atoms with van der Waals surface area (Å²) < 4.78 is 34.0. The molecule has 2 aromatic heterocycles. The molecule has 0 spiro atoms. The lowest BCUT2D eigenvalue weighted by atomic mass is 10.0. The van der Waals surface area contributed by atoms with Gasteiger partial charge in [-0.05, 0) is 31.2 Å². The minimum absolute atomic E-state index is 0.0168. The number of amides is 1. The zero-order valence-corrected chi connectivity index (χ0v) is 17.6. The summed E-state index contributed by atoms with van der Waals surface area (Å²) in [5.74, 6) is 0.270. The number of aromatic nitrogens is 4. The molecule has 1 aliphatic rings. The van der Waals surface area contributed by atoms with E-state index in [2.05, 4.69) is 15.0 Å². The van der Waals surface area contributed by atoms with E-state index in [1.165, 1.54) is 30.2 Å². The van der Waals surface area contributed by atoms with Crippen molar-refractivity contribution in [2.45, 2.75) is 38.4 Å². The number of rotatable bonds is 6. The number of ether oxygens (including phenoxy) is 1. The number of carbonyl (C=O) groups is 1. The predicted octanol–water partition coefficient (Wildman–Crippen LogP) is 4.48. The highest BCUT2D eigenvalue weighted by atomic mass is 35.5. The molecule has 0 radical (unpaired) electrons. The molecule has 1 aliphatic heterocycles. The van der Waals surface area contributed by atoms with Crippen LogP contribution in [-0.2, 0) is 11.2 Å². The molecule has 0 bridgehead atoms. The maximum absolute atomic E-state index is 13.9. The molecule has 4 rings (SSSR count). The van der Waals surface area contributed by atoms with Crippen LogP contribution >= 0.6 is 11.6 Å². The molecule has 0 aliphatic carbocycles. The second kappa shape index (κ2) is 8.58. The molecule has 1 aromatic carbocycles. The van der Waals surface area contributed by atoms with E-state index in [-0.39, 0.29) is 17.5 Å². The average Bonchev–Trinajstić information content (AvgIpc) is 3.37. The Morgan fingerprint density at radius 2 is 2.10 bits per heavy atom. The van der Waals surface area contributed by atoms with Crippen molar-refractivity contribution in [3.63, 3.8) is 0 Å². The lowest BCUT2D eigenvalue weighted by Crippen LogP contribution is -2.39. The van der Waals surface area contributed by atoms with E-state index in [4.69, 9.17) is 16.3 Å². The van der Waals surface area contributed by atoms with Crippen molar-refractivity contribution < 1.29 is 18.3 Å². The Kier molecular flexibility index (Phi) is 5.86. The van der Waals surface area contributed by atoms with E-state index in [0.717, 1.165) is 5.69 Å². The van der Waals surface area contributed by atoms with Gasteiger partial charge in [0.1, 0.15) is 36.3 Å².